The van der Waals surface area contributed by atoms with Crippen LogP contribution in [0.1, 0.15) is 19.7 Å². The molecule has 0 unspecified atom stereocenters. The molecule has 0 aliphatic carbocycles. The van der Waals surface area contributed by atoms with Crippen molar-refractivity contribution in [3.63, 3.8) is 0 Å². The van der Waals surface area contributed by atoms with E-state index in [0.717, 1.165) is 37.4 Å². The third-order valence-electron chi connectivity index (χ3n) is 3.05. The van der Waals surface area contributed by atoms with Crippen molar-refractivity contribution in [2.45, 2.75) is 20.3 Å². The highest BCUT2D eigenvalue weighted by molar-refractivity contribution is 5.53. The highest BCUT2D eigenvalue weighted by Crippen LogP contribution is 2.16. The van der Waals surface area contributed by atoms with Crippen molar-refractivity contribution in [1.82, 2.24) is 20.0 Å². The molecule has 6 nitrogen and oxygen atoms in total. The summed E-state index contributed by atoms with van der Waals surface area (Å²) in [6, 6.07) is 3.54. The molecule has 0 spiro atoms. The summed E-state index contributed by atoms with van der Waals surface area (Å²) in [4.78, 5) is 10.7. The predicted molar refractivity (Wildman–Crippen MR) is 73.4 cm³/mol. The number of aromatic nitrogens is 3. The lowest BCUT2D eigenvalue weighted by Gasteiger charge is -2.16. The number of likely N-dealkylation sites (N-methyl/N-ethyl adjacent to an activating group) is 1. The Bertz CT molecular complexity index is 504. The molecule has 0 fully saturated rings. The van der Waals surface area contributed by atoms with Gasteiger partial charge in [0.15, 0.2) is 5.82 Å². The van der Waals surface area contributed by atoms with Crippen molar-refractivity contribution < 1.29 is 4.52 Å². The minimum atomic E-state index is 0.477. The van der Waals surface area contributed by atoms with Gasteiger partial charge in [0.25, 0.3) is 5.89 Å². The first-order chi connectivity index (χ1) is 9.22. The van der Waals surface area contributed by atoms with Gasteiger partial charge in [0, 0.05) is 19.2 Å². The average molecular weight is 261 g/mol. The number of pyridine rings is 1. The molecule has 0 saturated carbocycles. The third-order valence-corrected chi connectivity index (χ3v) is 3.05. The first-order valence-electron chi connectivity index (χ1n) is 6.49. The molecule has 2 N–H and O–H groups in total. The Morgan fingerprint density at radius 3 is 2.68 bits per heavy atom. The molecule has 2 heterocycles. The van der Waals surface area contributed by atoms with E-state index in [1.165, 1.54) is 0 Å². The normalized spacial score (nSPS) is 11.1. The van der Waals surface area contributed by atoms with E-state index in [2.05, 4.69) is 33.9 Å². The maximum absolute atomic E-state index is 5.54. The molecule has 0 aliphatic heterocycles. The minimum Gasteiger partial charge on any atom is -0.384 e. The van der Waals surface area contributed by atoms with Crippen molar-refractivity contribution in [1.29, 1.82) is 0 Å². The van der Waals surface area contributed by atoms with Crippen LogP contribution in [0.25, 0.3) is 11.5 Å². The second-order valence-corrected chi connectivity index (χ2v) is 4.26. The molecule has 0 aliphatic rings. The molecular formula is C13H19N5O. The SMILES string of the molecule is CCN(CC)CCc1noc(-c2ccc(N)nc2)n1. The maximum Gasteiger partial charge on any atom is 0.259 e. The summed E-state index contributed by atoms with van der Waals surface area (Å²) in [5.74, 6) is 1.69. The Kier molecular flexibility index (Phi) is 4.46. The highest BCUT2D eigenvalue weighted by atomic mass is 16.5. The topological polar surface area (TPSA) is 81.1 Å². The van der Waals surface area contributed by atoms with Crippen LogP contribution in [0.2, 0.25) is 0 Å². The number of nitrogens with two attached hydrogens (primary N) is 1. The summed E-state index contributed by atoms with van der Waals surface area (Å²) in [6.07, 6.45) is 2.42. The summed E-state index contributed by atoms with van der Waals surface area (Å²) < 4.78 is 5.23. The molecule has 2 aromatic heterocycles. The van der Waals surface area contributed by atoms with Crippen molar-refractivity contribution >= 4 is 5.82 Å². The highest BCUT2D eigenvalue weighted by Gasteiger charge is 2.10. The van der Waals surface area contributed by atoms with E-state index in [9.17, 15) is 0 Å². The molecule has 0 bridgehead atoms. The smallest absolute Gasteiger partial charge is 0.259 e. The summed E-state index contributed by atoms with van der Waals surface area (Å²) in [6.45, 7) is 7.29. The maximum atomic E-state index is 5.54. The van der Waals surface area contributed by atoms with Crippen LogP contribution in [0.15, 0.2) is 22.9 Å². The van der Waals surface area contributed by atoms with Gasteiger partial charge >= 0.3 is 0 Å². The first kappa shape index (κ1) is 13.5. The van der Waals surface area contributed by atoms with Gasteiger partial charge in [0.1, 0.15) is 5.82 Å². The van der Waals surface area contributed by atoms with E-state index in [1.807, 2.05) is 6.07 Å². The molecular weight excluding hydrogens is 242 g/mol. The fourth-order valence-corrected chi connectivity index (χ4v) is 1.80. The zero-order valence-electron chi connectivity index (χ0n) is 11.3. The summed E-state index contributed by atoms with van der Waals surface area (Å²) in [5, 5.41) is 3.98. The lowest BCUT2D eigenvalue weighted by Crippen LogP contribution is -2.25. The van der Waals surface area contributed by atoms with Crippen LogP contribution in [0.5, 0.6) is 0 Å². The molecule has 2 aromatic rings. The summed E-state index contributed by atoms with van der Waals surface area (Å²) >= 11 is 0. The van der Waals surface area contributed by atoms with E-state index in [1.54, 1.807) is 12.3 Å². The zero-order chi connectivity index (χ0) is 13.7. The second-order valence-electron chi connectivity index (χ2n) is 4.26. The lowest BCUT2D eigenvalue weighted by atomic mass is 10.3. The van der Waals surface area contributed by atoms with Crippen molar-refractivity contribution in [3.8, 4) is 11.5 Å². The van der Waals surface area contributed by atoms with Gasteiger partial charge in [-0.2, -0.15) is 4.98 Å². The van der Waals surface area contributed by atoms with Gasteiger partial charge < -0.3 is 15.2 Å². The van der Waals surface area contributed by atoms with Crippen LogP contribution in [0.4, 0.5) is 5.82 Å². The molecule has 6 heteroatoms. The molecule has 0 saturated heterocycles. The lowest BCUT2D eigenvalue weighted by molar-refractivity contribution is 0.303. The van der Waals surface area contributed by atoms with Gasteiger partial charge in [-0.1, -0.05) is 19.0 Å². The fraction of sp³-hybridized carbons (Fsp3) is 0.462. The number of nitrogen functional groups attached to an aromatic ring is 1. The van der Waals surface area contributed by atoms with E-state index in [4.69, 9.17) is 10.3 Å². The van der Waals surface area contributed by atoms with Gasteiger partial charge in [-0.25, -0.2) is 4.98 Å². The van der Waals surface area contributed by atoms with E-state index < -0.39 is 0 Å². The number of anilines is 1. The largest absolute Gasteiger partial charge is 0.384 e. The zero-order valence-corrected chi connectivity index (χ0v) is 11.3. The first-order valence-corrected chi connectivity index (χ1v) is 6.49. The van der Waals surface area contributed by atoms with Crippen molar-refractivity contribution in [2.75, 3.05) is 25.4 Å². The fourth-order valence-electron chi connectivity index (χ4n) is 1.80. The van der Waals surface area contributed by atoms with E-state index >= 15 is 0 Å². The van der Waals surface area contributed by atoms with Gasteiger partial charge in [-0.15, -0.1) is 0 Å². The number of hydrogen-bond acceptors (Lipinski definition) is 6. The summed E-state index contributed by atoms with van der Waals surface area (Å²) in [5.41, 5.74) is 6.33. The van der Waals surface area contributed by atoms with Crippen LogP contribution in [-0.4, -0.2) is 39.7 Å². The molecule has 0 aromatic carbocycles. The molecule has 0 atom stereocenters. The Labute approximate surface area is 112 Å². The molecule has 19 heavy (non-hydrogen) atoms. The van der Waals surface area contributed by atoms with Crippen molar-refractivity contribution in [3.05, 3.63) is 24.2 Å². The molecule has 0 amide bonds. The quantitative estimate of drug-likeness (QED) is 0.850. The van der Waals surface area contributed by atoms with E-state index in [0.29, 0.717) is 11.7 Å². The predicted octanol–water partition coefficient (Wildman–Crippen LogP) is 1.60. The van der Waals surface area contributed by atoms with Crippen LogP contribution in [0.3, 0.4) is 0 Å². The Hall–Kier alpha value is -1.95. The average Bonchev–Trinajstić information content (AvgIpc) is 2.89. The van der Waals surface area contributed by atoms with Crippen LogP contribution in [-0.2, 0) is 6.42 Å². The van der Waals surface area contributed by atoms with E-state index in [-0.39, 0.29) is 0 Å². The number of hydrogen-bond donors (Lipinski definition) is 1. The van der Waals surface area contributed by atoms with Crippen LogP contribution < -0.4 is 5.73 Å². The van der Waals surface area contributed by atoms with Gasteiger partial charge in [0.2, 0.25) is 0 Å². The molecule has 102 valence electrons. The second kappa shape index (κ2) is 6.29. The molecule has 2 rings (SSSR count). The minimum absolute atomic E-state index is 0.477. The summed E-state index contributed by atoms with van der Waals surface area (Å²) in [7, 11) is 0. The Balaban J connectivity index is 2.01. The van der Waals surface area contributed by atoms with Gasteiger partial charge in [0.05, 0.1) is 5.56 Å². The number of rotatable bonds is 6. The van der Waals surface area contributed by atoms with Gasteiger partial charge in [-0.05, 0) is 25.2 Å². The number of nitrogens with zero attached hydrogens (tertiary/aromatic N) is 4. The standard InChI is InChI=1S/C13H19N5O/c1-3-18(4-2)8-7-12-16-13(19-17-12)10-5-6-11(14)15-9-10/h5-6,9H,3-4,7-8H2,1-2H3,(H2,14,15). The Morgan fingerprint density at radius 1 is 1.26 bits per heavy atom. The van der Waals surface area contributed by atoms with Crippen LogP contribution in [0, 0.1) is 0 Å². The van der Waals surface area contributed by atoms with Crippen molar-refractivity contribution in [2.24, 2.45) is 0 Å². The Morgan fingerprint density at radius 2 is 2.05 bits per heavy atom. The van der Waals surface area contributed by atoms with Gasteiger partial charge in [-0.3, -0.25) is 0 Å². The molecule has 0 radical (unpaired) electrons. The third kappa shape index (κ3) is 3.51. The van der Waals surface area contributed by atoms with Crippen LogP contribution >= 0.6 is 0 Å². The monoisotopic (exact) mass is 261 g/mol.